The fraction of sp³-hybridized carbons (Fsp3) is 0.500. The van der Waals surface area contributed by atoms with Crippen LogP contribution in [0.4, 0.5) is 0 Å². The minimum absolute atomic E-state index is 0.0507. The van der Waals surface area contributed by atoms with Gasteiger partial charge in [-0.25, -0.2) is 4.99 Å². The summed E-state index contributed by atoms with van der Waals surface area (Å²) in [5, 5.41) is 44.7. The molecular weight excluding hydrogens is 518 g/mol. The molecule has 0 aromatic heterocycles. The van der Waals surface area contributed by atoms with Gasteiger partial charge in [0, 0.05) is 42.4 Å². The Morgan fingerprint density at radius 3 is 2.55 bits per heavy atom. The van der Waals surface area contributed by atoms with Crippen LogP contribution in [0.1, 0.15) is 102 Å². The maximum atomic E-state index is 13.5. The standard InChI is InChI=1S/C30H33NO9/c1-4-7-19-31-16-10-20(38-13(3)29(16)40-19)39-18-12-30(37,5-2)11-15-22(18)28(36)24-23(26(15)34)25(33)14-8-6-9-17(32)21(14)27(24)35/h6,8-9,13,16,18,20,29,32,34,36-37H,4-5,7,10-12H2,1-3H3/t13-,16?,18-,20-,29?,30-/m0/s1. The Labute approximate surface area is 231 Å². The number of benzene rings is 2. The summed E-state index contributed by atoms with van der Waals surface area (Å²) in [7, 11) is 0. The van der Waals surface area contributed by atoms with Gasteiger partial charge in [0.15, 0.2) is 18.0 Å². The summed E-state index contributed by atoms with van der Waals surface area (Å²) >= 11 is 0. The van der Waals surface area contributed by atoms with E-state index in [4.69, 9.17) is 19.2 Å². The number of hydrogen-bond donors (Lipinski definition) is 4. The molecule has 0 saturated carbocycles. The van der Waals surface area contributed by atoms with E-state index in [-0.39, 0.29) is 64.5 Å². The third kappa shape index (κ3) is 4.00. The lowest BCUT2D eigenvalue weighted by atomic mass is 9.72. The van der Waals surface area contributed by atoms with Crippen LogP contribution in [0, 0.1) is 0 Å². The molecule has 2 aliphatic carbocycles. The van der Waals surface area contributed by atoms with Crippen molar-refractivity contribution in [1.82, 2.24) is 0 Å². The largest absolute Gasteiger partial charge is 0.507 e. The summed E-state index contributed by atoms with van der Waals surface area (Å²) < 4.78 is 18.5. The van der Waals surface area contributed by atoms with Crippen molar-refractivity contribution < 1.29 is 44.2 Å². The van der Waals surface area contributed by atoms with E-state index in [9.17, 15) is 30.0 Å². The zero-order valence-electron chi connectivity index (χ0n) is 22.6. The van der Waals surface area contributed by atoms with E-state index in [1.807, 2.05) is 13.8 Å². The normalized spacial score (nSPS) is 30.6. The molecule has 4 N–H and O–H groups in total. The number of aliphatic imine (C=N–C) groups is 1. The number of ketones is 2. The number of carbonyl (C=O) groups excluding carboxylic acids is 2. The van der Waals surface area contributed by atoms with Gasteiger partial charge in [0.25, 0.3) is 0 Å². The van der Waals surface area contributed by atoms with Gasteiger partial charge in [-0.15, -0.1) is 0 Å². The van der Waals surface area contributed by atoms with Crippen molar-refractivity contribution in [2.24, 2.45) is 4.99 Å². The molecule has 2 heterocycles. The van der Waals surface area contributed by atoms with Crippen LogP contribution in [-0.2, 0) is 20.6 Å². The Morgan fingerprint density at radius 1 is 1.07 bits per heavy atom. The number of nitrogens with zero attached hydrogens (tertiary/aromatic N) is 1. The van der Waals surface area contributed by atoms with Crippen molar-refractivity contribution in [3.8, 4) is 17.2 Å². The number of rotatable bonds is 5. The van der Waals surface area contributed by atoms with E-state index >= 15 is 0 Å². The first kappa shape index (κ1) is 26.7. The van der Waals surface area contributed by atoms with Crippen LogP contribution >= 0.6 is 0 Å². The van der Waals surface area contributed by atoms with Crippen molar-refractivity contribution in [1.29, 1.82) is 0 Å². The first-order valence-corrected chi connectivity index (χ1v) is 13.9. The number of fused-ring (bicyclic) bond motifs is 4. The van der Waals surface area contributed by atoms with E-state index in [2.05, 4.69) is 0 Å². The van der Waals surface area contributed by atoms with Crippen molar-refractivity contribution in [2.75, 3.05) is 0 Å². The lowest BCUT2D eigenvalue weighted by Gasteiger charge is -2.42. The molecule has 10 heteroatoms. The van der Waals surface area contributed by atoms with E-state index in [1.165, 1.54) is 18.2 Å². The third-order valence-corrected chi connectivity index (χ3v) is 8.61. The van der Waals surface area contributed by atoms with Crippen molar-refractivity contribution in [3.63, 3.8) is 0 Å². The molecule has 212 valence electrons. The fourth-order valence-electron chi connectivity index (χ4n) is 6.52. The van der Waals surface area contributed by atoms with Crippen LogP contribution in [0.3, 0.4) is 0 Å². The number of ether oxygens (including phenoxy) is 3. The minimum atomic E-state index is -1.31. The highest BCUT2D eigenvalue weighted by Gasteiger charge is 2.48. The molecule has 2 unspecified atom stereocenters. The zero-order valence-corrected chi connectivity index (χ0v) is 22.6. The Hall–Kier alpha value is -3.47. The molecule has 1 saturated heterocycles. The SMILES string of the molecule is CCCC1=NC2C[C@H](O[C@H]3C[C@](O)(CC)Cc4c(O)c5c(c(O)c43)C(=O)c3c(O)cccc3C5=O)O[C@@H](C)C2O1. The van der Waals surface area contributed by atoms with Gasteiger partial charge in [-0.1, -0.05) is 26.0 Å². The van der Waals surface area contributed by atoms with Crippen LogP contribution in [0.5, 0.6) is 17.2 Å². The predicted octanol–water partition coefficient (Wildman–Crippen LogP) is 3.82. The average molecular weight is 552 g/mol. The Balaban J connectivity index is 1.42. The summed E-state index contributed by atoms with van der Waals surface area (Å²) in [5.74, 6) is -2.17. The highest BCUT2D eigenvalue weighted by molar-refractivity contribution is 6.31. The molecule has 0 amide bonds. The highest BCUT2D eigenvalue weighted by atomic mass is 16.7. The molecule has 6 rings (SSSR count). The van der Waals surface area contributed by atoms with Crippen LogP contribution < -0.4 is 0 Å². The molecule has 4 aliphatic rings. The van der Waals surface area contributed by atoms with E-state index in [0.29, 0.717) is 18.7 Å². The van der Waals surface area contributed by atoms with Gasteiger partial charge in [-0.05, 0) is 25.8 Å². The van der Waals surface area contributed by atoms with Crippen LogP contribution in [0.25, 0.3) is 0 Å². The van der Waals surface area contributed by atoms with Crippen molar-refractivity contribution >= 4 is 17.5 Å². The van der Waals surface area contributed by atoms with Gasteiger partial charge in [0.05, 0.1) is 40.5 Å². The zero-order chi connectivity index (χ0) is 28.5. The molecule has 2 aromatic rings. The molecule has 1 fully saturated rings. The van der Waals surface area contributed by atoms with Gasteiger partial charge in [0.1, 0.15) is 23.4 Å². The average Bonchev–Trinajstić information content (AvgIpc) is 3.32. The molecule has 2 aliphatic heterocycles. The number of aliphatic hydroxyl groups is 1. The predicted molar refractivity (Wildman–Crippen MR) is 142 cm³/mol. The number of phenolic OH excluding ortho intramolecular Hbond substituents is 3. The molecular formula is C30H33NO9. The highest BCUT2D eigenvalue weighted by Crippen LogP contribution is 2.53. The fourth-order valence-corrected chi connectivity index (χ4v) is 6.52. The lowest BCUT2D eigenvalue weighted by molar-refractivity contribution is -0.242. The smallest absolute Gasteiger partial charge is 0.202 e. The summed E-state index contributed by atoms with van der Waals surface area (Å²) in [4.78, 5) is 31.7. The Morgan fingerprint density at radius 2 is 1.82 bits per heavy atom. The number of hydrogen-bond acceptors (Lipinski definition) is 10. The number of carbonyl (C=O) groups is 2. The lowest BCUT2D eigenvalue weighted by Crippen LogP contribution is -2.47. The summed E-state index contributed by atoms with van der Waals surface area (Å²) in [6.07, 6.45) is 0.0586. The number of aromatic hydroxyl groups is 3. The minimum Gasteiger partial charge on any atom is -0.507 e. The molecule has 10 nitrogen and oxygen atoms in total. The van der Waals surface area contributed by atoms with E-state index < -0.39 is 46.8 Å². The van der Waals surface area contributed by atoms with Crippen molar-refractivity contribution in [3.05, 3.63) is 51.6 Å². The van der Waals surface area contributed by atoms with Gasteiger partial charge in [0.2, 0.25) is 5.78 Å². The number of phenols is 3. The second-order valence-corrected chi connectivity index (χ2v) is 11.2. The second kappa shape index (κ2) is 9.57. The van der Waals surface area contributed by atoms with E-state index in [1.54, 1.807) is 6.92 Å². The first-order chi connectivity index (χ1) is 19.1. The van der Waals surface area contributed by atoms with Gasteiger partial charge in [-0.2, -0.15) is 0 Å². The molecule has 0 spiro atoms. The topological polar surface area (TPSA) is 155 Å². The second-order valence-electron chi connectivity index (χ2n) is 11.2. The summed E-state index contributed by atoms with van der Waals surface area (Å²) in [6, 6.07) is 3.93. The van der Waals surface area contributed by atoms with Gasteiger partial charge in [-0.3, -0.25) is 9.59 Å². The summed E-state index contributed by atoms with van der Waals surface area (Å²) in [5.41, 5.74) is -2.06. The van der Waals surface area contributed by atoms with Crippen LogP contribution in [-0.4, -0.2) is 68.0 Å². The molecule has 0 bridgehead atoms. The quantitative estimate of drug-likeness (QED) is 0.346. The van der Waals surface area contributed by atoms with Gasteiger partial charge >= 0.3 is 0 Å². The first-order valence-electron chi connectivity index (χ1n) is 13.9. The molecule has 40 heavy (non-hydrogen) atoms. The molecule has 2 aromatic carbocycles. The third-order valence-electron chi connectivity index (χ3n) is 8.61. The van der Waals surface area contributed by atoms with Gasteiger partial charge < -0.3 is 34.6 Å². The van der Waals surface area contributed by atoms with E-state index in [0.717, 1.165) is 12.8 Å². The maximum Gasteiger partial charge on any atom is 0.202 e. The van der Waals surface area contributed by atoms with Crippen LogP contribution in [0.15, 0.2) is 23.2 Å². The van der Waals surface area contributed by atoms with Crippen LogP contribution in [0.2, 0.25) is 0 Å². The monoisotopic (exact) mass is 551 g/mol. The molecule has 6 atom stereocenters. The van der Waals surface area contributed by atoms with Crippen molar-refractivity contribution in [2.45, 2.75) is 95.5 Å². The summed E-state index contributed by atoms with van der Waals surface area (Å²) in [6.45, 7) is 5.73. The Bertz CT molecular complexity index is 1450. The molecule has 0 radical (unpaired) electrons. The Kier molecular flexibility index (Phi) is 6.40. The maximum absolute atomic E-state index is 13.5.